The summed E-state index contributed by atoms with van der Waals surface area (Å²) in [6.07, 6.45) is 0. The molecule has 0 atom stereocenters. The van der Waals surface area contributed by atoms with Crippen molar-refractivity contribution in [2.75, 3.05) is 14.2 Å². The normalized spacial score (nSPS) is 11.8. The van der Waals surface area contributed by atoms with E-state index in [1.807, 2.05) is 12.1 Å². The molecule has 0 unspecified atom stereocenters. The van der Waals surface area contributed by atoms with Gasteiger partial charge in [-0.15, -0.1) is 0 Å². The van der Waals surface area contributed by atoms with Crippen LogP contribution >= 0.6 is 0 Å². The molecule has 6 heteroatoms. The van der Waals surface area contributed by atoms with Gasteiger partial charge in [-0.1, -0.05) is 42.5 Å². The number of rotatable bonds is 5. The summed E-state index contributed by atoms with van der Waals surface area (Å²) in [5.41, 5.74) is 0.325. The average Bonchev–Trinajstić information content (AvgIpc) is 2.62. The summed E-state index contributed by atoms with van der Waals surface area (Å²) in [4.78, 5) is 0.169. The predicted octanol–water partition coefficient (Wildman–Crippen LogP) is 3.81. The molecule has 0 aromatic heterocycles. The average molecular weight is 359 g/mol. The number of sulfonamides is 1. The van der Waals surface area contributed by atoms with Crippen LogP contribution in [0.25, 0.3) is 10.8 Å². The summed E-state index contributed by atoms with van der Waals surface area (Å²) in [7, 11) is -0.807. The lowest BCUT2D eigenvalue weighted by atomic mass is 10.1. The number of hydrogen-bond donors (Lipinski definition) is 0. The monoisotopic (exact) mass is 359 g/mol. The van der Waals surface area contributed by atoms with Crippen LogP contribution in [0.2, 0.25) is 0 Å². The van der Waals surface area contributed by atoms with Gasteiger partial charge in [0, 0.05) is 29.9 Å². The molecule has 0 aliphatic rings. The smallest absolute Gasteiger partial charge is 0.243 e. The zero-order valence-electron chi connectivity index (χ0n) is 13.9. The number of halogens is 1. The third kappa shape index (κ3) is 3.23. The molecular formula is C19H18FNO3S. The quantitative estimate of drug-likeness (QED) is 0.696. The van der Waals surface area contributed by atoms with Gasteiger partial charge in [-0.2, -0.15) is 4.31 Å². The SMILES string of the molecule is COc1ccc(S(=O)(=O)N(C)Cc2ccccc2F)c2ccccc12. The van der Waals surface area contributed by atoms with Crippen molar-refractivity contribution in [2.24, 2.45) is 0 Å². The van der Waals surface area contributed by atoms with Crippen molar-refractivity contribution in [3.8, 4) is 5.75 Å². The molecule has 0 N–H and O–H groups in total. The van der Waals surface area contributed by atoms with Crippen molar-refractivity contribution in [1.82, 2.24) is 4.31 Å². The van der Waals surface area contributed by atoms with E-state index < -0.39 is 15.8 Å². The molecule has 4 nitrogen and oxygen atoms in total. The van der Waals surface area contributed by atoms with Crippen LogP contribution in [0.1, 0.15) is 5.56 Å². The molecule has 0 heterocycles. The van der Waals surface area contributed by atoms with E-state index in [0.29, 0.717) is 22.1 Å². The lowest BCUT2D eigenvalue weighted by molar-refractivity contribution is 0.419. The molecule has 0 saturated carbocycles. The number of ether oxygens (including phenoxy) is 1. The molecule has 25 heavy (non-hydrogen) atoms. The Morgan fingerprint density at radius 3 is 2.28 bits per heavy atom. The van der Waals surface area contributed by atoms with E-state index in [0.717, 1.165) is 4.31 Å². The van der Waals surface area contributed by atoms with Gasteiger partial charge in [0.1, 0.15) is 11.6 Å². The Hall–Kier alpha value is -2.44. The Morgan fingerprint density at radius 1 is 0.960 bits per heavy atom. The fraction of sp³-hybridized carbons (Fsp3) is 0.158. The van der Waals surface area contributed by atoms with Gasteiger partial charge in [0.25, 0.3) is 0 Å². The molecule has 0 aliphatic heterocycles. The van der Waals surface area contributed by atoms with Crippen molar-refractivity contribution >= 4 is 20.8 Å². The van der Waals surface area contributed by atoms with Crippen LogP contribution in [0.3, 0.4) is 0 Å². The first-order valence-corrected chi connectivity index (χ1v) is 9.14. The molecule has 3 aromatic carbocycles. The lowest BCUT2D eigenvalue weighted by Crippen LogP contribution is -2.27. The summed E-state index contributed by atoms with van der Waals surface area (Å²) < 4.78 is 46.4. The molecule has 3 rings (SSSR count). The minimum atomic E-state index is -3.79. The number of benzene rings is 3. The fourth-order valence-corrected chi connectivity index (χ4v) is 4.11. The van der Waals surface area contributed by atoms with Crippen molar-refractivity contribution in [2.45, 2.75) is 11.4 Å². The minimum absolute atomic E-state index is 0.0463. The molecule has 0 saturated heterocycles. The number of fused-ring (bicyclic) bond motifs is 1. The second-order valence-corrected chi connectivity index (χ2v) is 7.68. The highest BCUT2D eigenvalue weighted by Crippen LogP contribution is 2.32. The summed E-state index contributed by atoms with van der Waals surface area (Å²) in [6, 6.07) is 16.5. The Morgan fingerprint density at radius 2 is 1.60 bits per heavy atom. The first-order chi connectivity index (χ1) is 11.9. The van der Waals surface area contributed by atoms with Crippen molar-refractivity contribution < 1.29 is 17.5 Å². The van der Waals surface area contributed by atoms with E-state index in [-0.39, 0.29) is 11.4 Å². The van der Waals surface area contributed by atoms with E-state index >= 15 is 0 Å². The Kier molecular flexibility index (Phi) is 4.74. The predicted molar refractivity (Wildman–Crippen MR) is 95.6 cm³/mol. The zero-order valence-corrected chi connectivity index (χ0v) is 14.8. The van der Waals surface area contributed by atoms with E-state index in [4.69, 9.17) is 4.74 Å². The molecule has 130 valence electrons. The molecule has 0 spiro atoms. The van der Waals surface area contributed by atoms with E-state index in [1.54, 1.807) is 43.5 Å². The van der Waals surface area contributed by atoms with Crippen molar-refractivity contribution in [3.63, 3.8) is 0 Å². The molecular weight excluding hydrogens is 341 g/mol. The molecule has 3 aromatic rings. The summed E-state index contributed by atoms with van der Waals surface area (Å²) in [6.45, 7) is -0.0463. The van der Waals surface area contributed by atoms with Crippen LogP contribution < -0.4 is 4.74 Å². The number of nitrogens with zero attached hydrogens (tertiary/aromatic N) is 1. The van der Waals surface area contributed by atoms with Crippen LogP contribution in [0.5, 0.6) is 5.75 Å². The first-order valence-electron chi connectivity index (χ1n) is 7.70. The number of methoxy groups -OCH3 is 1. The maximum Gasteiger partial charge on any atom is 0.243 e. The van der Waals surface area contributed by atoms with Gasteiger partial charge in [0.15, 0.2) is 0 Å². The Labute approximate surface area is 146 Å². The maximum absolute atomic E-state index is 13.9. The van der Waals surface area contributed by atoms with Gasteiger partial charge in [-0.05, 0) is 18.2 Å². The molecule has 0 aliphatic carbocycles. The minimum Gasteiger partial charge on any atom is -0.496 e. The van der Waals surface area contributed by atoms with Crippen LogP contribution in [-0.2, 0) is 16.6 Å². The summed E-state index contributed by atoms with van der Waals surface area (Å²) in [5.74, 6) is 0.176. The summed E-state index contributed by atoms with van der Waals surface area (Å²) in [5, 5.41) is 1.28. The zero-order chi connectivity index (χ0) is 18.0. The van der Waals surface area contributed by atoms with E-state index in [9.17, 15) is 12.8 Å². The third-order valence-electron chi connectivity index (χ3n) is 4.10. The van der Waals surface area contributed by atoms with Crippen LogP contribution in [0.4, 0.5) is 4.39 Å². The third-order valence-corrected chi connectivity index (χ3v) is 5.96. The van der Waals surface area contributed by atoms with Crippen LogP contribution in [-0.4, -0.2) is 26.9 Å². The maximum atomic E-state index is 13.9. The Bertz CT molecular complexity index is 1020. The van der Waals surface area contributed by atoms with Gasteiger partial charge in [-0.25, -0.2) is 12.8 Å². The van der Waals surface area contributed by atoms with Crippen LogP contribution in [0, 0.1) is 5.82 Å². The van der Waals surface area contributed by atoms with Gasteiger partial charge in [-0.3, -0.25) is 0 Å². The van der Waals surface area contributed by atoms with Crippen LogP contribution in [0.15, 0.2) is 65.6 Å². The van der Waals surface area contributed by atoms with E-state index in [1.165, 1.54) is 19.2 Å². The van der Waals surface area contributed by atoms with Crippen molar-refractivity contribution in [3.05, 3.63) is 72.0 Å². The van der Waals surface area contributed by atoms with Crippen molar-refractivity contribution in [1.29, 1.82) is 0 Å². The second kappa shape index (κ2) is 6.82. The van der Waals surface area contributed by atoms with Gasteiger partial charge in [0.2, 0.25) is 10.0 Å². The fourth-order valence-electron chi connectivity index (χ4n) is 2.77. The standard InChI is InChI=1S/C19H18FNO3S/c1-21(13-14-7-3-6-10-17(14)20)25(22,23)19-12-11-18(24-2)15-8-4-5-9-16(15)19/h3-12H,13H2,1-2H3. The van der Waals surface area contributed by atoms with Gasteiger partial charge >= 0.3 is 0 Å². The second-order valence-electron chi connectivity index (χ2n) is 5.66. The number of hydrogen-bond acceptors (Lipinski definition) is 3. The highest BCUT2D eigenvalue weighted by molar-refractivity contribution is 7.89. The lowest BCUT2D eigenvalue weighted by Gasteiger charge is -2.19. The molecule has 0 radical (unpaired) electrons. The molecule has 0 fully saturated rings. The summed E-state index contributed by atoms with van der Waals surface area (Å²) >= 11 is 0. The topological polar surface area (TPSA) is 46.6 Å². The largest absolute Gasteiger partial charge is 0.496 e. The molecule has 0 amide bonds. The molecule has 0 bridgehead atoms. The van der Waals surface area contributed by atoms with E-state index in [2.05, 4.69) is 0 Å². The first kappa shape index (κ1) is 17.4. The highest BCUT2D eigenvalue weighted by atomic mass is 32.2. The van der Waals surface area contributed by atoms with Gasteiger partial charge in [0.05, 0.1) is 12.0 Å². The highest BCUT2D eigenvalue weighted by Gasteiger charge is 2.24. The Balaban J connectivity index is 2.06. The van der Waals surface area contributed by atoms with Gasteiger partial charge < -0.3 is 4.74 Å².